The first-order valence-corrected chi connectivity index (χ1v) is 2.29. The molecule has 0 bridgehead atoms. The van der Waals surface area contributed by atoms with Gasteiger partial charge in [0.15, 0.2) is 0 Å². The summed E-state index contributed by atoms with van der Waals surface area (Å²) in [5.41, 5.74) is 1.74. The first-order chi connectivity index (χ1) is 2.41. The van der Waals surface area contributed by atoms with Gasteiger partial charge in [-0.3, -0.25) is 0 Å². The van der Waals surface area contributed by atoms with Crippen LogP contribution in [0, 0.1) is 0 Å². The largest absolute Gasteiger partial charge is 0.415 e. The lowest BCUT2D eigenvalue weighted by Gasteiger charge is -1.75. The maximum Gasteiger partial charge on any atom is 0.259 e. The molecule has 0 aliphatic heterocycles. The molecule has 0 aliphatic carbocycles. The predicted octanol–water partition coefficient (Wildman–Crippen LogP) is 0.0147. The van der Waals surface area contributed by atoms with E-state index in [1.165, 1.54) is 0 Å². The van der Waals surface area contributed by atoms with Crippen LogP contribution in [-0.2, 0) is 4.43 Å². The highest BCUT2D eigenvalue weighted by atomic mass is 28.2. The van der Waals surface area contributed by atoms with Crippen LogP contribution in [0.5, 0.6) is 0 Å². The van der Waals surface area contributed by atoms with Crippen LogP contribution in [0.25, 0.3) is 0 Å². The molecule has 32 valence electrons. The van der Waals surface area contributed by atoms with Crippen LogP contribution >= 0.6 is 0 Å². The summed E-state index contributed by atoms with van der Waals surface area (Å²) in [5.74, 6) is 0. The van der Waals surface area contributed by atoms with E-state index in [9.17, 15) is 0 Å². The lowest BCUT2D eigenvalue weighted by molar-refractivity contribution is 0.449. The second-order valence-corrected chi connectivity index (χ2v) is 1.58. The predicted molar refractivity (Wildman–Crippen MR) is 28.7 cm³/mol. The standard InChI is InChI=1S/C3H6OSi.Si/c1-3-5-4-2;/h3H,1H2,2H3;. The maximum atomic E-state index is 4.60. The molecule has 0 aromatic heterocycles. The third-order valence-corrected chi connectivity index (χ3v) is 0.604. The van der Waals surface area contributed by atoms with Crippen LogP contribution in [0.2, 0.25) is 0 Å². The minimum Gasteiger partial charge on any atom is -0.415 e. The Morgan fingerprint density at radius 1 is 1.83 bits per heavy atom. The van der Waals surface area contributed by atoms with E-state index in [4.69, 9.17) is 0 Å². The van der Waals surface area contributed by atoms with E-state index in [0.29, 0.717) is 9.76 Å². The zero-order valence-electron chi connectivity index (χ0n) is 3.69. The zero-order chi connectivity index (χ0) is 4.12. The summed E-state index contributed by atoms with van der Waals surface area (Å²) in [7, 11) is 2.11. The SMILES string of the molecule is C=C[Si]OC.[Si]. The molecule has 0 N–H and O–H groups in total. The Bertz CT molecular complexity index is 30.0. The van der Waals surface area contributed by atoms with Crippen LogP contribution in [0.4, 0.5) is 0 Å². The Morgan fingerprint density at radius 2 is 2.33 bits per heavy atom. The van der Waals surface area contributed by atoms with Gasteiger partial charge in [0.1, 0.15) is 0 Å². The number of rotatable bonds is 2. The molecule has 6 heavy (non-hydrogen) atoms. The topological polar surface area (TPSA) is 9.23 Å². The summed E-state index contributed by atoms with van der Waals surface area (Å²) in [6, 6.07) is 0. The fraction of sp³-hybridized carbons (Fsp3) is 0.333. The Kier molecular flexibility index (Phi) is 14.1. The van der Waals surface area contributed by atoms with Gasteiger partial charge in [-0.1, -0.05) is 5.70 Å². The summed E-state index contributed by atoms with van der Waals surface area (Å²) in [4.78, 5) is 0. The molecule has 0 atom stereocenters. The first-order valence-electron chi connectivity index (χ1n) is 1.31. The molecule has 0 heterocycles. The van der Waals surface area contributed by atoms with Crippen LogP contribution in [0.1, 0.15) is 0 Å². The van der Waals surface area contributed by atoms with Crippen LogP contribution < -0.4 is 0 Å². The van der Waals surface area contributed by atoms with Gasteiger partial charge in [-0.2, -0.15) is 0 Å². The van der Waals surface area contributed by atoms with E-state index in [1.807, 2.05) is 0 Å². The van der Waals surface area contributed by atoms with E-state index in [-0.39, 0.29) is 11.0 Å². The van der Waals surface area contributed by atoms with Crippen molar-refractivity contribution in [3.05, 3.63) is 12.3 Å². The quantitative estimate of drug-likeness (QED) is 0.460. The molecule has 0 aromatic rings. The minimum atomic E-state index is 0. The monoisotopic (exact) mass is 114 g/mol. The average Bonchev–Trinajstić information content (AvgIpc) is 1.41. The molecule has 0 amide bonds. The van der Waals surface area contributed by atoms with E-state index in [2.05, 4.69) is 11.0 Å². The molecule has 0 fully saturated rings. The molecule has 0 unspecified atom stereocenters. The summed E-state index contributed by atoms with van der Waals surface area (Å²) < 4.78 is 4.60. The molecular weight excluding hydrogens is 108 g/mol. The van der Waals surface area contributed by atoms with E-state index >= 15 is 0 Å². The van der Waals surface area contributed by atoms with Crippen molar-refractivity contribution < 1.29 is 4.43 Å². The average molecular weight is 114 g/mol. The Morgan fingerprint density at radius 3 is 2.33 bits per heavy atom. The highest BCUT2D eigenvalue weighted by Crippen LogP contribution is 1.55. The lowest BCUT2D eigenvalue weighted by atomic mass is 11.3. The fourth-order valence-electron chi connectivity index (χ4n) is 0.0833. The fourth-order valence-corrected chi connectivity index (χ4v) is 0.250. The molecule has 0 saturated carbocycles. The normalized spacial score (nSPS) is 6.17. The summed E-state index contributed by atoms with van der Waals surface area (Å²) >= 11 is 0. The first kappa shape index (κ1) is 9.46. The third kappa shape index (κ3) is 8.92. The molecule has 1 nitrogen and oxygen atoms in total. The number of hydrogen-bond donors (Lipinski definition) is 0. The molecule has 0 rings (SSSR count). The Balaban J connectivity index is 0. The van der Waals surface area contributed by atoms with Gasteiger partial charge in [-0.25, -0.2) is 0 Å². The van der Waals surface area contributed by atoms with E-state index in [1.54, 1.807) is 12.8 Å². The molecule has 0 aromatic carbocycles. The van der Waals surface area contributed by atoms with Gasteiger partial charge in [-0.05, 0) is 0 Å². The van der Waals surface area contributed by atoms with E-state index < -0.39 is 0 Å². The second-order valence-electron chi connectivity index (χ2n) is 0.526. The highest BCUT2D eigenvalue weighted by molar-refractivity contribution is 6.33. The van der Waals surface area contributed by atoms with Gasteiger partial charge in [0.25, 0.3) is 9.76 Å². The molecule has 0 saturated heterocycles. The number of hydrogen-bond acceptors (Lipinski definition) is 1. The van der Waals surface area contributed by atoms with Gasteiger partial charge in [0, 0.05) is 18.1 Å². The van der Waals surface area contributed by atoms with Crippen LogP contribution in [0.3, 0.4) is 0 Å². The van der Waals surface area contributed by atoms with Gasteiger partial charge in [0.2, 0.25) is 0 Å². The van der Waals surface area contributed by atoms with Crippen molar-refractivity contribution in [1.29, 1.82) is 0 Å². The van der Waals surface area contributed by atoms with Gasteiger partial charge in [-0.15, -0.1) is 6.58 Å². The Hall–Kier alpha value is 0.134. The van der Waals surface area contributed by atoms with Gasteiger partial charge in [0.05, 0.1) is 0 Å². The van der Waals surface area contributed by atoms with Crippen molar-refractivity contribution in [3.8, 4) is 0 Å². The summed E-state index contributed by atoms with van der Waals surface area (Å²) in [6.45, 7) is 3.44. The summed E-state index contributed by atoms with van der Waals surface area (Å²) in [5, 5.41) is 0. The lowest BCUT2D eigenvalue weighted by Crippen LogP contribution is -1.83. The third-order valence-electron chi connectivity index (χ3n) is 0.201. The zero-order valence-corrected chi connectivity index (χ0v) is 5.69. The Labute approximate surface area is 45.4 Å². The van der Waals surface area contributed by atoms with Crippen LogP contribution in [-0.4, -0.2) is 27.8 Å². The van der Waals surface area contributed by atoms with Crippen molar-refractivity contribution in [2.45, 2.75) is 0 Å². The van der Waals surface area contributed by atoms with Gasteiger partial charge < -0.3 is 4.43 Å². The molecule has 6 radical (unpaired) electrons. The minimum absolute atomic E-state index is 0. The summed E-state index contributed by atoms with van der Waals surface area (Å²) in [6.07, 6.45) is 0. The van der Waals surface area contributed by atoms with Crippen LogP contribution in [0.15, 0.2) is 12.3 Å². The maximum absolute atomic E-state index is 4.60. The highest BCUT2D eigenvalue weighted by Gasteiger charge is 1.65. The second kappa shape index (κ2) is 8.93. The van der Waals surface area contributed by atoms with Crippen molar-refractivity contribution in [2.75, 3.05) is 7.11 Å². The molecular formula is C3H6OSi2. The van der Waals surface area contributed by atoms with Crippen molar-refractivity contribution >= 4 is 20.7 Å². The van der Waals surface area contributed by atoms with Crippen molar-refractivity contribution in [2.24, 2.45) is 0 Å². The molecule has 3 heteroatoms. The molecule has 0 spiro atoms. The van der Waals surface area contributed by atoms with Crippen molar-refractivity contribution in [1.82, 2.24) is 0 Å². The van der Waals surface area contributed by atoms with E-state index in [0.717, 1.165) is 0 Å². The van der Waals surface area contributed by atoms with Crippen molar-refractivity contribution in [3.63, 3.8) is 0 Å². The van der Waals surface area contributed by atoms with Gasteiger partial charge >= 0.3 is 0 Å². The molecule has 0 aliphatic rings. The smallest absolute Gasteiger partial charge is 0.259 e.